The quantitative estimate of drug-likeness (QED) is 0.0146. The van der Waals surface area contributed by atoms with Crippen LogP contribution in [-0.2, 0) is 32.7 Å². The lowest BCUT2D eigenvalue weighted by Gasteiger charge is -2.41. The normalized spacial score (nSPS) is 21.9. The minimum absolute atomic E-state index is 0.0742. The first-order chi connectivity index (χ1) is 31.4. The Morgan fingerprint density at radius 2 is 0.877 bits per heavy atom. The first-order valence-corrected chi connectivity index (χ1v) is 26.6. The summed E-state index contributed by atoms with van der Waals surface area (Å²) in [6, 6.07) is 0. The second kappa shape index (κ2) is 40.6. The standard InChI is InChI=1S/C51H89O13P/c1-3-5-7-9-11-13-15-17-19-20-21-22-23-24-26-27-29-31-33-35-37-39-44(52)61-41-43(42-62-65(59,60)64-51-49(57)47(55)46(54)48(56)50(51)58)63-45(53)40-38-36-34-32-30-28-25-18-16-14-12-10-8-6-4-2/h6,8,12,14-15,17-18,20-21,25,43,46-51,54-58H,3-5,7,9-11,13,16,19,22-24,26-42H2,1-2H3,(H,59,60)/b8-6-,14-12-,17-15-,21-20-,25-18-. The second-order valence-electron chi connectivity index (χ2n) is 17.3. The van der Waals surface area contributed by atoms with Crippen LogP contribution in [0.25, 0.3) is 0 Å². The zero-order valence-electron chi connectivity index (χ0n) is 40.0. The lowest BCUT2D eigenvalue weighted by Crippen LogP contribution is -2.64. The summed E-state index contributed by atoms with van der Waals surface area (Å²) < 4.78 is 33.6. The molecule has 0 heterocycles. The molecule has 0 aliphatic heterocycles. The van der Waals surface area contributed by atoms with Gasteiger partial charge in [0.1, 0.15) is 43.2 Å². The molecule has 1 aliphatic carbocycles. The van der Waals surface area contributed by atoms with Crippen LogP contribution in [0.2, 0.25) is 0 Å². The molecule has 14 heteroatoms. The smallest absolute Gasteiger partial charge is 0.462 e. The number of ether oxygens (including phenoxy) is 2. The van der Waals surface area contributed by atoms with Gasteiger partial charge in [-0.2, -0.15) is 0 Å². The van der Waals surface area contributed by atoms with Gasteiger partial charge in [-0.05, 0) is 77.0 Å². The highest BCUT2D eigenvalue weighted by molar-refractivity contribution is 7.47. The number of rotatable bonds is 41. The van der Waals surface area contributed by atoms with Crippen molar-refractivity contribution in [1.29, 1.82) is 0 Å². The summed E-state index contributed by atoms with van der Waals surface area (Å²) in [5, 5.41) is 50.2. The molecule has 0 bridgehead atoms. The first-order valence-electron chi connectivity index (χ1n) is 25.1. The van der Waals surface area contributed by atoms with Crippen LogP contribution >= 0.6 is 7.82 Å². The Morgan fingerprint density at radius 3 is 1.34 bits per heavy atom. The predicted molar refractivity (Wildman–Crippen MR) is 258 cm³/mol. The number of carbonyl (C=O) groups is 2. The Bertz CT molecular complexity index is 1370. The number of hydrogen-bond donors (Lipinski definition) is 6. The van der Waals surface area contributed by atoms with E-state index in [0.29, 0.717) is 12.8 Å². The fraction of sp³-hybridized carbons (Fsp3) is 0.765. The van der Waals surface area contributed by atoms with Crippen molar-refractivity contribution < 1.29 is 63.1 Å². The zero-order chi connectivity index (χ0) is 47.8. The van der Waals surface area contributed by atoms with Crippen LogP contribution in [0.15, 0.2) is 60.8 Å². The van der Waals surface area contributed by atoms with Gasteiger partial charge in [-0.3, -0.25) is 18.6 Å². The first kappa shape index (κ1) is 60.6. The lowest BCUT2D eigenvalue weighted by molar-refractivity contribution is -0.220. The van der Waals surface area contributed by atoms with E-state index in [-0.39, 0.29) is 12.8 Å². The highest BCUT2D eigenvalue weighted by Gasteiger charge is 2.51. The van der Waals surface area contributed by atoms with Crippen LogP contribution in [0, 0.1) is 0 Å². The SMILES string of the molecule is CC/C=C\C/C=C\C/C=C\CCCCCCCC(=O)OC(COC(=O)CCCCCCCCCCC/C=C\C/C=C\CCCCCCC)COP(=O)(O)OC1C(O)C(O)C(O)C(O)C1O. The van der Waals surface area contributed by atoms with Gasteiger partial charge in [0.2, 0.25) is 0 Å². The Labute approximate surface area is 392 Å². The van der Waals surface area contributed by atoms with Crippen LogP contribution in [0.1, 0.15) is 194 Å². The predicted octanol–water partition coefficient (Wildman–Crippen LogP) is 10.5. The summed E-state index contributed by atoms with van der Waals surface area (Å²) in [5.74, 6) is -1.12. The van der Waals surface area contributed by atoms with Gasteiger partial charge < -0.3 is 39.9 Å². The minimum Gasteiger partial charge on any atom is -0.462 e. The van der Waals surface area contributed by atoms with Gasteiger partial charge in [-0.1, -0.05) is 164 Å². The summed E-state index contributed by atoms with van der Waals surface area (Å²) in [6.45, 7) is 3.17. The van der Waals surface area contributed by atoms with Gasteiger partial charge in [0.25, 0.3) is 0 Å². The molecule has 0 amide bonds. The molecule has 0 aromatic rings. The third kappa shape index (κ3) is 32.8. The van der Waals surface area contributed by atoms with E-state index in [9.17, 15) is 44.6 Å². The van der Waals surface area contributed by atoms with E-state index >= 15 is 0 Å². The van der Waals surface area contributed by atoms with Crippen LogP contribution in [-0.4, -0.2) is 98.3 Å². The van der Waals surface area contributed by atoms with Gasteiger partial charge >= 0.3 is 19.8 Å². The minimum atomic E-state index is -5.13. The lowest BCUT2D eigenvalue weighted by atomic mass is 9.85. The fourth-order valence-electron chi connectivity index (χ4n) is 7.33. The number of hydrogen-bond acceptors (Lipinski definition) is 12. The van der Waals surface area contributed by atoms with Crippen molar-refractivity contribution in [2.75, 3.05) is 13.2 Å². The third-order valence-electron chi connectivity index (χ3n) is 11.3. The van der Waals surface area contributed by atoms with E-state index in [4.69, 9.17) is 18.5 Å². The molecule has 0 spiro atoms. The van der Waals surface area contributed by atoms with Crippen molar-refractivity contribution in [2.24, 2.45) is 0 Å². The average Bonchev–Trinajstić information content (AvgIpc) is 3.29. The van der Waals surface area contributed by atoms with Crippen LogP contribution in [0.4, 0.5) is 0 Å². The van der Waals surface area contributed by atoms with E-state index in [0.717, 1.165) is 89.9 Å². The van der Waals surface area contributed by atoms with Crippen molar-refractivity contribution in [3.05, 3.63) is 60.8 Å². The maximum atomic E-state index is 12.8. The van der Waals surface area contributed by atoms with Crippen LogP contribution < -0.4 is 0 Å². The molecule has 1 saturated carbocycles. The van der Waals surface area contributed by atoms with Crippen LogP contribution in [0.3, 0.4) is 0 Å². The number of phosphoric ester groups is 1. The summed E-state index contributed by atoms with van der Waals surface area (Å²) in [5.41, 5.74) is 0. The molecule has 0 saturated heterocycles. The van der Waals surface area contributed by atoms with Crippen molar-refractivity contribution in [2.45, 2.75) is 236 Å². The van der Waals surface area contributed by atoms with Gasteiger partial charge in [0.15, 0.2) is 6.10 Å². The fourth-order valence-corrected chi connectivity index (χ4v) is 8.30. The zero-order valence-corrected chi connectivity index (χ0v) is 40.9. The van der Waals surface area contributed by atoms with E-state index < -0.39 is 75.7 Å². The van der Waals surface area contributed by atoms with E-state index in [1.54, 1.807) is 0 Å². The molecule has 6 N–H and O–H groups in total. The molecule has 6 unspecified atom stereocenters. The molecule has 0 aromatic carbocycles. The number of aliphatic hydroxyl groups excluding tert-OH is 5. The van der Waals surface area contributed by atoms with E-state index in [2.05, 4.69) is 74.6 Å². The van der Waals surface area contributed by atoms with Crippen molar-refractivity contribution >= 4 is 19.8 Å². The van der Waals surface area contributed by atoms with E-state index in [1.165, 1.54) is 64.2 Å². The number of allylic oxidation sites excluding steroid dienone is 10. The number of phosphoric acid groups is 1. The molecule has 1 aliphatic rings. The summed E-state index contributed by atoms with van der Waals surface area (Å²) in [4.78, 5) is 35.8. The van der Waals surface area contributed by atoms with Gasteiger partial charge in [0, 0.05) is 12.8 Å². The van der Waals surface area contributed by atoms with Crippen molar-refractivity contribution in [3.63, 3.8) is 0 Å². The van der Waals surface area contributed by atoms with Gasteiger partial charge in [0.05, 0.1) is 6.61 Å². The highest BCUT2D eigenvalue weighted by atomic mass is 31.2. The van der Waals surface area contributed by atoms with Gasteiger partial charge in [-0.15, -0.1) is 0 Å². The summed E-state index contributed by atoms with van der Waals surface area (Å²) in [7, 11) is -5.13. The maximum absolute atomic E-state index is 12.8. The Kier molecular flexibility index (Phi) is 37.8. The second-order valence-corrected chi connectivity index (χ2v) is 18.7. The number of aliphatic hydroxyl groups is 5. The number of carbonyl (C=O) groups excluding carboxylic acids is 2. The molecule has 13 nitrogen and oxygen atoms in total. The molecule has 6 atom stereocenters. The summed E-state index contributed by atoms with van der Waals surface area (Å²) >= 11 is 0. The van der Waals surface area contributed by atoms with Crippen molar-refractivity contribution in [3.8, 4) is 0 Å². The molecule has 0 radical (unpaired) electrons. The maximum Gasteiger partial charge on any atom is 0.472 e. The summed E-state index contributed by atoms with van der Waals surface area (Å²) in [6.07, 6.45) is 37.0. The van der Waals surface area contributed by atoms with Gasteiger partial charge in [-0.25, -0.2) is 4.57 Å². The Morgan fingerprint density at radius 1 is 0.492 bits per heavy atom. The van der Waals surface area contributed by atoms with Crippen molar-refractivity contribution in [1.82, 2.24) is 0 Å². The number of unbranched alkanes of at least 4 members (excludes halogenated alkanes) is 19. The third-order valence-corrected chi connectivity index (χ3v) is 12.3. The monoisotopic (exact) mass is 941 g/mol. The molecular formula is C51H89O13P. The molecule has 376 valence electrons. The highest BCUT2D eigenvalue weighted by Crippen LogP contribution is 2.47. The molecular weight excluding hydrogens is 852 g/mol. The molecule has 0 aromatic heterocycles. The molecule has 1 fully saturated rings. The molecule has 1 rings (SSSR count). The average molecular weight is 941 g/mol. The Balaban J connectivity index is 2.41. The topological polar surface area (TPSA) is 210 Å². The largest absolute Gasteiger partial charge is 0.472 e. The Hall–Kier alpha value is -2.45. The molecule has 65 heavy (non-hydrogen) atoms. The van der Waals surface area contributed by atoms with Crippen LogP contribution in [0.5, 0.6) is 0 Å². The number of esters is 2. The van der Waals surface area contributed by atoms with E-state index in [1.807, 2.05) is 0 Å².